The summed E-state index contributed by atoms with van der Waals surface area (Å²) in [6, 6.07) is 9.15. The molecule has 21 heavy (non-hydrogen) atoms. The molecule has 114 valence electrons. The Labute approximate surface area is 127 Å². The molecule has 1 aromatic carbocycles. The lowest BCUT2D eigenvalue weighted by molar-refractivity contribution is -0.132. The first-order valence-electron chi connectivity index (χ1n) is 7.83. The number of anilines is 1. The van der Waals surface area contributed by atoms with Crippen molar-refractivity contribution in [2.45, 2.75) is 37.9 Å². The number of carbonyl (C=O) groups excluding carboxylic acids is 1. The van der Waals surface area contributed by atoms with Crippen LogP contribution >= 0.6 is 0 Å². The number of nitrogens with zero attached hydrogens (tertiary/aromatic N) is 3. The summed E-state index contributed by atoms with van der Waals surface area (Å²) in [5, 5.41) is 0. The summed E-state index contributed by atoms with van der Waals surface area (Å²) in [6.45, 7) is 1.77. The van der Waals surface area contributed by atoms with Gasteiger partial charge >= 0.3 is 0 Å². The van der Waals surface area contributed by atoms with Crippen LogP contribution in [0.25, 0.3) is 0 Å². The van der Waals surface area contributed by atoms with Gasteiger partial charge in [0.25, 0.3) is 0 Å². The summed E-state index contributed by atoms with van der Waals surface area (Å²) >= 11 is 0. The van der Waals surface area contributed by atoms with Crippen LogP contribution in [0.3, 0.4) is 0 Å². The second-order valence-corrected chi connectivity index (χ2v) is 6.55. The van der Waals surface area contributed by atoms with Gasteiger partial charge in [0.2, 0.25) is 5.91 Å². The van der Waals surface area contributed by atoms with Crippen molar-refractivity contribution in [1.29, 1.82) is 0 Å². The summed E-state index contributed by atoms with van der Waals surface area (Å²) in [5.74, 6) is 0.337. The molecule has 1 atom stereocenters. The Balaban J connectivity index is 1.64. The minimum Gasteiger partial charge on any atom is -0.378 e. The van der Waals surface area contributed by atoms with Crippen molar-refractivity contribution in [3.8, 4) is 0 Å². The van der Waals surface area contributed by atoms with Gasteiger partial charge in [-0.2, -0.15) is 0 Å². The van der Waals surface area contributed by atoms with E-state index in [2.05, 4.69) is 60.1 Å². The van der Waals surface area contributed by atoms with Crippen molar-refractivity contribution in [3.05, 3.63) is 29.8 Å². The number of amides is 1. The van der Waals surface area contributed by atoms with Gasteiger partial charge in [0.15, 0.2) is 0 Å². The highest BCUT2D eigenvalue weighted by molar-refractivity contribution is 5.84. The van der Waals surface area contributed by atoms with E-state index in [9.17, 15) is 4.79 Å². The van der Waals surface area contributed by atoms with Gasteiger partial charge in [0, 0.05) is 38.9 Å². The third-order valence-corrected chi connectivity index (χ3v) is 4.59. The van der Waals surface area contributed by atoms with E-state index in [0.29, 0.717) is 11.9 Å². The maximum atomic E-state index is 12.5. The minimum atomic E-state index is 0.0635. The Morgan fingerprint density at radius 3 is 2.62 bits per heavy atom. The zero-order chi connectivity index (χ0) is 15.0. The van der Waals surface area contributed by atoms with E-state index in [4.69, 9.17) is 0 Å². The molecule has 0 spiro atoms. The number of likely N-dealkylation sites (N-methyl/N-ethyl adjacent to an activating group) is 1. The highest BCUT2D eigenvalue weighted by Crippen LogP contribution is 2.32. The molecular formula is C17H25N3O. The normalized spacial score (nSPS) is 22.2. The number of likely N-dealkylation sites (tertiary alicyclic amines) is 1. The van der Waals surface area contributed by atoms with Crippen molar-refractivity contribution in [3.63, 3.8) is 0 Å². The molecule has 0 N–H and O–H groups in total. The predicted molar refractivity (Wildman–Crippen MR) is 85.4 cm³/mol. The first-order valence-corrected chi connectivity index (χ1v) is 7.83. The first kappa shape index (κ1) is 14.4. The van der Waals surface area contributed by atoms with Gasteiger partial charge in [-0.3, -0.25) is 9.69 Å². The monoisotopic (exact) mass is 287 g/mol. The Hall–Kier alpha value is -1.55. The lowest BCUT2D eigenvalue weighted by Gasteiger charge is -2.24. The van der Waals surface area contributed by atoms with Gasteiger partial charge in [0.05, 0.1) is 6.04 Å². The number of carbonyl (C=O) groups is 1. The summed E-state index contributed by atoms with van der Waals surface area (Å²) in [5.41, 5.74) is 2.47. The Morgan fingerprint density at radius 2 is 1.95 bits per heavy atom. The fourth-order valence-electron chi connectivity index (χ4n) is 3.18. The van der Waals surface area contributed by atoms with Gasteiger partial charge in [-0.1, -0.05) is 12.1 Å². The van der Waals surface area contributed by atoms with Gasteiger partial charge in [-0.25, -0.2) is 0 Å². The van der Waals surface area contributed by atoms with E-state index in [0.717, 1.165) is 19.5 Å². The largest absolute Gasteiger partial charge is 0.378 e. The number of hydrogen-bond acceptors (Lipinski definition) is 3. The van der Waals surface area contributed by atoms with E-state index in [1.165, 1.54) is 24.1 Å². The third kappa shape index (κ3) is 3.05. The third-order valence-electron chi connectivity index (χ3n) is 4.59. The van der Waals surface area contributed by atoms with Crippen molar-refractivity contribution >= 4 is 11.6 Å². The molecular weight excluding hydrogens is 262 g/mol. The van der Waals surface area contributed by atoms with Crippen LogP contribution in [0.5, 0.6) is 0 Å². The van der Waals surface area contributed by atoms with Crippen LogP contribution < -0.4 is 4.90 Å². The maximum absolute atomic E-state index is 12.5. The smallest absolute Gasteiger partial charge is 0.240 e. The van der Waals surface area contributed by atoms with E-state index < -0.39 is 0 Å². The van der Waals surface area contributed by atoms with Crippen LogP contribution in [0.15, 0.2) is 24.3 Å². The zero-order valence-electron chi connectivity index (χ0n) is 13.2. The molecule has 1 amide bonds. The summed E-state index contributed by atoms with van der Waals surface area (Å²) in [6.07, 6.45) is 3.37. The van der Waals surface area contributed by atoms with Gasteiger partial charge < -0.3 is 9.80 Å². The van der Waals surface area contributed by atoms with Crippen LogP contribution in [-0.4, -0.2) is 55.5 Å². The topological polar surface area (TPSA) is 26.8 Å². The van der Waals surface area contributed by atoms with Crippen molar-refractivity contribution in [1.82, 2.24) is 9.80 Å². The molecule has 3 rings (SSSR count). The van der Waals surface area contributed by atoms with Crippen LogP contribution in [0.4, 0.5) is 5.69 Å². The highest BCUT2D eigenvalue weighted by Gasteiger charge is 2.41. The number of benzene rings is 1. The Bertz CT molecular complexity index is 525. The van der Waals surface area contributed by atoms with Gasteiger partial charge in [-0.15, -0.1) is 0 Å². The van der Waals surface area contributed by atoms with Gasteiger partial charge in [0.1, 0.15) is 0 Å². The molecule has 0 aromatic heterocycles. The molecule has 0 unspecified atom stereocenters. The van der Waals surface area contributed by atoms with Crippen molar-refractivity contribution in [2.75, 3.05) is 32.6 Å². The average molecular weight is 287 g/mol. The molecule has 4 nitrogen and oxygen atoms in total. The van der Waals surface area contributed by atoms with E-state index in [1.807, 2.05) is 0 Å². The average Bonchev–Trinajstić information content (AvgIpc) is 3.22. The molecule has 2 aliphatic rings. The molecule has 0 radical (unpaired) electrons. The predicted octanol–water partition coefficient (Wildman–Crippen LogP) is 1.95. The van der Waals surface area contributed by atoms with Crippen molar-refractivity contribution < 1.29 is 4.79 Å². The summed E-state index contributed by atoms with van der Waals surface area (Å²) in [7, 11) is 6.18. The van der Waals surface area contributed by atoms with Crippen LogP contribution in [0, 0.1) is 0 Å². The first-order chi connectivity index (χ1) is 10.1. The Kier molecular flexibility index (Phi) is 3.89. The second kappa shape index (κ2) is 5.68. The van der Waals surface area contributed by atoms with Crippen LogP contribution in [-0.2, 0) is 11.3 Å². The summed E-state index contributed by atoms with van der Waals surface area (Å²) < 4.78 is 0. The molecule has 1 aromatic rings. The molecule has 4 heteroatoms. The standard InChI is InChI=1S/C17H25N3O/c1-18(2)15-6-4-5-13(11-15)12-19(3)16-9-10-20(17(16)21)14-7-8-14/h4-6,11,14,16H,7-10,12H2,1-3H3/t16-/m0/s1. The number of hydrogen-bond donors (Lipinski definition) is 0. The van der Waals surface area contributed by atoms with E-state index >= 15 is 0 Å². The van der Waals surface area contributed by atoms with Crippen molar-refractivity contribution in [2.24, 2.45) is 0 Å². The SMILES string of the molecule is CN(C)c1cccc(CN(C)[C@H]2CCN(C3CC3)C2=O)c1. The minimum absolute atomic E-state index is 0.0635. The fourth-order valence-corrected chi connectivity index (χ4v) is 3.18. The number of rotatable bonds is 5. The summed E-state index contributed by atoms with van der Waals surface area (Å²) in [4.78, 5) is 18.9. The van der Waals surface area contributed by atoms with E-state index in [-0.39, 0.29) is 6.04 Å². The second-order valence-electron chi connectivity index (χ2n) is 6.55. The molecule has 1 saturated heterocycles. The van der Waals surface area contributed by atoms with Gasteiger partial charge in [-0.05, 0) is 44.0 Å². The molecule has 2 fully saturated rings. The molecule has 0 bridgehead atoms. The molecule has 1 heterocycles. The highest BCUT2D eigenvalue weighted by atomic mass is 16.2. The molecule has 1 saturated carbocycles. The van der Waals surface area contributed by atoms with Crippen LogP contribution in [0.1, 0.15) is 24.8 Å². The lowest BCUT2D eigenvalue weighted by Crippen LogP contribution is -2.40. The lowest BCUT2D eigenvalue weighted by atomic mass is 10.1. The maximum Gasteiger partial charge on any atom is 0.240 e. The molecule has 1 aliphatic heterocycles. The van der Waals surface area contributed by atoms with Crippen LogP contribution in [0.2, 0.25) is 0 Å². The van der Waals surface area contributed by atoms with E-state index in [1.54, 1.807) is 0 Å². The fraction of sp³-hybridized carbons (Fsp3) is 0.588. The quantitative estimate of drug-likeness (QED) is 0.828. The zero-order valence-corrected chi connectivity index (χ0v) is 13.2. The Morgan fingerprint density at radius 1 is 1.19 bits per heavy atom. The molecule has 1 aliphatic carbocycles.